The Hall–Kier alpha value is -2.31. The van der Waals surface area contributed by atoms with Crippen LogP contribution < -0.4 is 10.2 Å². The first-order valence-corrected chi connectivity index (χ1v) is 5.72. The quantitative estimate of drug-likeness (QED) is 0.907. The van der Waals surface area contributed by atoms with Gasteiger partial charge in [-0.05, 0) is 37.3 Å². The summed E-state index contributed by atoms with van der Waals surface area (Å²) < 4.78 is 43.4. The van der Waals surface area contributed by atoms with Gasteiger partial charge in [0.25, 0.3) is 0 Å². The third-order valence-electron chi connectivity index (χ3n) is 2.59. The summed E-state index contributed by atoms with van der Waals surface area (Å²) in [5, 5.41) is 3.55. The maximum Gasteiger partial charge on any atom is 0.432 e. The van der Waals surface area contributed by atoms with Crippen LogP contribution in [0.2, 0.25) is 0 Å². The number of hydrogen-bond acceptors (Lipinski definition) is 4. The van der Waals surface area contributed by atoms with E-state index >= 15 is 0 Å². The molecule has 0 spiro atoms. The van der Waals surface area contributed by atoms with E-state index in [4.69, 9.17) is 4.74 Å². The van der Waals surface area contributed by atoms with Gasteiger partial charge in [0.15, 0.2) is 0 Å². The Balaban J connectivity index is 2.43. The summed E-state index contributed by atoms with van der Waals surface area (Å²) in [4.78, 5) is 4.05. The molecule has 0 unspecified atom stereocenters. The molecule has 2 rings (SSSR count). The Labute approximate surface area is 113 Å². The van der Waals surface area contributed by atoms with E-state index in [0.717, 1.165) is 6.08 Å². The maximum absolute atomic E-state index is 12.8. The highest BCUT2D eigenvalue weighted by molar-refractivity contribution is 6.14. The van der Waals surface area contributed by atoms with E-state index in [1.807, 2.05) is 5.43 Å². The third kappa shape index (κ3) is 3.17. The van der Waals surface area contributed by atoms with Gasteiger partial charge in [-0.3, -0.25) is 5.43 Å². The van der Waals surface area contributed by atoms with Crippen LogP contribution in [0.5, 0.6) is 5.75 Å². The number of nitrogens with one attached hydrogen (secondary N) is 1. The van der Waals surface area contributed by atoms with Crippen LogP contribution in [-0.4, -0.2) is 24.8 Å². The smallest absolute Gasteiger partial charge is 0.432 e. The van der Waals surface area contributed by atoms with Crippen LogP contribution in [0.25, 0.3) is 0 Å². The van der Waals surface area contributed by atoms with Crippen molar-refractivity contribution in [2.45, 2.75) is 13.1 Å². The fourth-order valence-electron chi connectivity index (χ4n) is 1.60. The summed E-state index contributed by atoms with van der Waals surface area (Å²) in [6.07, 6.45) is -3.58. The zero-order chi connectivity index (χ0) is 14.8. The molecular weight excluding hydrogens is 271 g/mol. The van der Waals surface area contributed by atoms with Gasteiger partial charge in [-0.1, -0.05) is 0 Å². The Morgan fingerprint density at radius 3 is 2.35 bits per heavy atom. The van der Waals surface area contributed by atoms with Crippen molar-refractivity contribution in [2.24, 2.45) is 10.1 Å². The van der Waals surface area contributed by atoms with Gasteiger partial charge < -0.3 is 4.74 Å². The lowest BCUT2D eigenvalue weighted by Crippen LogP contribution is -2.23. The van der Waals surface area contributed by atoms with Gasteiger partial charge in [-0.15, -0.1) is 0 Å². The second-order valence-electron chi connectivity index (χ2n) is 4.05. The van der Waals surface area contributed by atoms with Crippen molar-refractivity contribution in [3.8, 4) is 5.75 Å². The van der Waals surface area contributed by atoms with Gasteiger partial charge in [0, 0.05) is 5.56 Å². The lowest BCUT2D eigenvalue weighted by atomic mass is 10.1. The van der Waals surface area contributed by atoms with E-state index in [-0.39, 0.29) is 11.5 Å². The fraction of sp³-hybridized carbons (Fsp3) is 0.231. The molecule has 0 atom stereocenters. The molecule has 1 aromatic carbocycles. The molecule has 1 aliphatic heterocycles. The number of benzene rings is 1. The van der Waals surface area contributed by atoms with Crippen LogP contribution in [0.3, 0.4) is 0 Å². The van der Waals surface area contributed by atoms with Gasteiger partial charge in [-0.2, -0.15) is 18.3 Å². The van der Waals surface area contributed by atoms with Crippen LogP contribution in [0.1, 0.15) is 12.5 Å². The molecule has 1 aromatic rings. The summed E-state index contributed by atoms with van der Waals surface area (Å²) >= 11 is 0. The number of rotatable bonds is 2. The molecule has 1 heterocycles. The molecule has 106 valence electrons. The van der Waals surface area contributed by atoms with Gasteiger partial charge in [0.1, 0.15) is 17.3 Å². The second kappa shape index (κ2) is 5.36. The molecule has 1 aliphatic rings. The molecule has 1 N–H and O–H groups in total. The van der Waals surface area contributed by atoms with Crippen molar-refractivity contribution in [1.82, 2.24) is 5.43 Å². The molecule has 7 heteroatoms. The van der Waals surface area contributed by atoms with Gasteiger partial charge in [0.2, 0.25) is 0 Å². The minimum Gasteiger partial charge on any atom is -0.497 e. The average Bonchev–Trinajstić information content (AvgIpc) is 2.60. The van der Waals surface area contributed by atoms with Crippen LogP contribution in [0, 0.1) is 0 Å². The molecule has 0 aromatic heterocycles. The number of alkyl halides is 3. The van der Waals surface area contributed by atoms with Gasteiger partial charge >= 0.3 is 6.18 Å². The van der Waals surface area contributed by atoms with Crippen molar-refractivity contribution in [3.05, 3.63) is 41.6 Å². The number of methoxy groups -OCH3 is 1. The highest BCUT2D eigenvalue weighted by Crippen LogP contribution is 2.25. The van der Waals surface area contributed by atoms with Crippen LogP contribution in [0.4, 0.5) is 13.2 Å². The number of allylic oxidation sites excluding steroid dienone is 2. The summed E-state index contributed by atoms with van der Waals surface area (Å²) in [5.74, 6) is 0.831. The Morgan fingerprint density at radius 2 is 1.80 bits per heavy atom. The van der Waals surface area contributed by atoms with Crippen LogP contribution >= 0.6 is 0 Å². The van der Waals surface area contributed by atoms with Crippen LogP contribution in [0.15, 0.2) is 46.1 Å². The Bertz CT molecular complexity index is 586. The Morgan fingerprint density at radius 1 is 1.15 bits per heavy atom. The molecule has 0 radical (unpaired) electrons. The fourth-order valence-corrected chi connectivity index (χ4v) is 1.60. The van der Waals surface area contributed by atoms with E-state index in [1.54, 1.807) is 24.3 Å². The number of hydrogen-bond donors (Lipinski definition) is 1. The minimum absolute atomic E-state index is 0.186. The molecule has 0 saturated carbocycles. The number of hydrazone groups is 1. The number of aliphatic imine (C=N–C) groups is 1. The maximum atomic E-state index is 12.8. The zero-order valence-electron chi connectivity index (χ0n) is 10.8. The first-order valence-electron chi connectivity index (χ1n) is 5.72. The topological polar surface area (TPSA) is 46.0 Å². The highest BCUT2D eigenvalue weighted by atomic mass is 19.4. The standard InChI is InChI=1S/C13H12F3N3O/c1-8-17-11(7-12(19-18-8)13(14,15)16)9-3-5-10(20-2)6-4-9/h3-7,19H,1-2H3. The first-order chi connectivity index (χ1) is 9.40. The van der Waals surface area contributed by atoms with Gasteiger partial charge in [-0.25, -0.2) is 4.99 Å². The van der Waals surface area contributed by atoms with E-state index in [2.05, 4.69) is 10.1 Å². The third-order valence-corrected chi connectivity index (χ3v) is 2.59. The average molecular weight is 283 g/mol. The normalized spacial score (nSPS) is 15.6. The molecular formula is C13H12F3N3O. The molecule has 20 heavy (non-hydrogen) atoms. The predicted octanol–water partition coefficient (Wildman–Crippen LogP) is 2.87. The second-order valence-corrected chi connectivity index (χ2v) is 4.05. The van der Waals surface area contributed by atoms with Crippen molar-refractivity contribution in [3.63, 3.8) is 0 Å². The monoisotopic (exact) mass is 283 g/mol. The molecule has 4 nitrogen and oxygen atoms in total. The Kier molecular flexibility index (Phi) is 3.78. The van der Waals surface area contributed by atoms with Crippen molar-refractivity contribution in [1.29, 1.82) is 0 Å². The zero-order valence-corrected chi connectivity index (χ0v) is 10.8. The van der Waals surface area contributed by atoms with Crippen LogP contribution in [-0.2, 0) is 0 Å². The largest absolute Gasteiger partial charge is 0.497 e. The van der Waals surface area contributed by atoms with Crippen molar-refractivity contribution < 1.29 is 17.9 Å². The molecule has 0 bridgehead atoms. The summed E-state index contributed by atoms with van der Waals surface area (Å²) in [6, 6.07) is 6.59. The van der Waals surface area contributed by atoms with Crippen molar-refractivity contribution in [2.75, 3.05) is 7.11 Å². The van der Waals surface area contributed by atoms with E-state index in [1.165, 1.54) is 14.0 Å². The van der Waals surface area contributed by atoms with E-state index in [9.17, 15) is 13.2 Å². The van der Waals surface area contributed by atoms with E-state index in [0.29, 0.717) is 11.3 Å². The lowest BCUT2D eigenvalue weighted by molar-refractivity contribution is -0.0964. The predicted molar refractivity (Wildman–Crippen MR) is 69.9 cm³/mol. The summed E-state index contributed by atoms with van der Waals surface area (Å²) in [6.45, 7) is 1.52. The molecule has 0 fully saturated rings. The summed E-state index contributed by atoms with van der Waals surface area (Å²) in [7, 11) is 1.51. The minimum atomic E-state index is -4.51. The molecule has 0 saturated heterocycles. The van der Waals surface area contributed by atoms with Gasteiger partial charge in [0.05, 0.1) is 12.8 Å². The summed E-state index contributed by atoms with van der Waals surface area (Å²) in [5.41, 5.74) is 1.76. The number of halogens is 3. The molecule has 0 amide bonds. The van der Waals surface area contributed by atoms with E-state index < -0.39 is 11.9 Å². The number of ether oxygens (including phenoxy) is 1. The first kappa shape index (κ1) is 14.1. The molecule has 0 aliphatic carbocycles. The SMILES string of the molecule is COc1ccc(C2=NC(C)=NNC(C(F)(F)F)=C2)cc1. The lowest BCUT2D eigenvalue weighted by Gasteiger charge is -2.09. The number of nitrogens with zero attached hydrogens (tertiary/aromatic N) is 2. The highest BCUT2D eigenvalue weighted by Gasteiger charge is 2.35. The number of amidine groups is 1. The van der Waals surface area contributed by atoms with Crippen molar-refractivity contribution >= 4 is 11.5 Å².